The van der Waals surface area contributed by atoms with Gasteiger partial charge in [-0.1, -0.05) is 19.9 Å². The molecular formula is C20H32N4O2. The van der Waals surface area contributed by atoms with Crippen molar-refractivity contribution in [3.8, 4) is 0 Å². The highest BCUT2D eigenvalue weighted by Gasteiger charge is 2.14. The van der Waals surface area contributed by atoms with Gasteiger partial charge in [0.25, 0.3) is 5.91 Å². The van der Waals surface area contributed by atoms with Gasteiger partial charge in [0, 0.05) is 56.9 Å². The van der Waals surface area contributed by atoms with Crippen molar-refractivity contribution in [2.75, 3.05) is 38.1 Å². The van der Waals surface area contributed by atoms with Crippen LogP contribution in [0.25, 0.3) is 0 Å². The molecular weight excluding hydrogens is 328 g/mol. The van der Waals surface area contributed by atoms with E-state index in [1.807, 2.05) is 38.1 Å². The monoisotopic (exact) mass is 360 g/mol. The molecule has 2 amide bonds. The summed E-state index contributed by atoms with van der Waals surface area (Å²) in [5, 5.41) is 8.80. The molecule has 1 aliphatic heterocycles. The molecule has 0 saturated carbocycles. The van der Waals surface area contributed by atoms with Gasteiger partial charge >= 0.3 is 0 Å². The van der Waals surface area contributed by atoms with Crippen LogP contribution in [0.5, 0.6) is 0 Å². The van der Waals surface area contributed by atoms with Crippen LogP contribution < -0.4 is 20.9 Å². The molecule has 0 radical (unpaired) electrons. The molecule has 26 heavy (non-hydrogen) atoms. The number of nitrogens with zero attached hydrogens (tertiary/aromatic N) is 1. The molecule has 6 heteroatoms. The molecule has 1 unspecified atom stereocenters. The predicted octanol–water partition coefficient (Wildman–Crippen LogP) is 1.93. The van der Waals surface area contributed by atoms with Crippen LogP contribution in [-0.4, -0.2) is 51.1 Å². The number of hydrogen-bond donors (Lipinski definition) is 3. The Hall–Kier alpha value is -2.34. The van der Waals surface area contributed by atoms with E-state index in [1.165, 1.54) is 0 Å². The number of hydrogen-bond acceptors (Lipinski definition) is 4. The fourth-order valence-corrected chi connectivity index (χ4v) is 2.66. The maximum Gasteiger partial charge on any atom is 0.251 e. The second kappa shape index (κ2) is 12.1. The van der Waals surface area contributed by atoms with Gasteiger partial charge in [0.15, 0.2) is 0 Å². The second-order valence-corrected chi connectivity index (χ2v) is 5.81. The Morgan fingerprint density at radius 3 is 2.38 bits per heavy atom. The molecule has 0 spiro atoms. The van der Waals surface area contributed by atoms with Gasteiger partial charge in [-0.25, -0.2) is 0 Å². The summed E-state index contributed by atoms with van der Waals surface area (Å²) in [6.45, 7) is 11.6. The standard InChI is InChI=1S/C18H26N4O2.C2H6/c1-3-15(6-9-17(23)19-2)21-18(24)14-4-7-16(8-5-14)22-12-10-20-11-13-22;1-2/h3-5,7-8,15,20H,1,6,9-13H2,2H3,(H,19,23)(H,21,24);1-2H3. The highest BCUT2D eigenvalue weighted by atomic mass is 16.2. The Morgan fingerprint density at radius 1 is 1.23 bits per heavy atom. The fourth-order valence-electron chi connectivity index (χ4n) is 2.66. The van der Waals surface area contributed by atoms with E-state index < -0.39 is 0 Å². The predicted molar refractivity (Wildman–Crippen MR) is 108 cm³/mol. The fraction of sp³-hybridized carbons (Fsp3) is 0.500. The third-order valence-corrected chi connectivity index (χ3v) is 4.17. The van der Waals surface area contributed by atoms with Crippen molar-refractivity contribution in [1.82, 2.24) is 16.0 Å². The maximum absolute atomic E-state index is 12.3. The highest BCUT2D eigenvalue weighted by molar-refractivity contribution is 5.94. The van der Waals surface area contributed by atoms with E-state index in [0.29, 0.717) is 18.4 Å². The van der Waals surface area contributed by atoms with E-state index in [4.69, 9.17) is 0 Å². The lowest BCUT2D eigenvalue weighted by atomic mass is 10.1. The summed E-state index contributed by atoms with van der Waals surface area (Å²) >= 11 is 0. The van der Waals surface area contributed by atoms with E-state index in [1.54, 1.807) is 13.1 Å². The van der Waals surface area contributed by atoms with Crippen LogP contribution >= 0.6 is 0 Å². The third kappa shape index (κ3) is 6.88. The summed E-state index contributed by atoms with van der Waals surface area (Å²) < 4.78 is 0. The van der Waals surface area contributed by atoms with Crippen LogP contribution in [0.3, 0.4) is 0 Å². The van der Waals surface area contributed by atoms with Crippen LogP contribution in [0.4, 0.5) is 5.69 Å². The van der Waals surface area contributed by atoms with E-state index >= 15 is 0 Å². The molecule has 1 aromatic carbocycles. The molecule has 1 saturated heterocycles. The van der Waals surface area contributed by atoms with Crippen molar-refractivity contribution in [2.45, 2.75) is 32.7 Å². The maximum atomic E-state index is 12.3. The smallest absolute Gasteiger partial charge is 0.251 e. The van der Waals surface area contributed by atoms with Crippen LogP contribution in [0.2, 0.25) is 0 Å². The minimum absolute atomic E-state index is 0.0449. The van der Waals surface area contributed by atoms with Gasteiger partial charge in [-0.15, -0.1) is 6.58 Å². The molecule has 144 valence electrons. The van der Waals surface area contributed by atoms with E-state index in [9.17, 15) is 9.59 Å². The number of carbonyl (C=O) groups excluding carboxylic acids is 2. The lowest BCUT2D eigenvalue weighted by Gasteiger charge is -2.29. The molecule has 3 N–H and O–H groups in total. The van der Waals surface area contributed by atoms with Gasteiger partial charge in [-0.3, -0.25) is 9.59 Å². The Balaban J connectivity index is 0.00000163. The van der Waals surface area contributed by atoms with Crippen LogP contribution in [-0.2, 0) is 4.79 Å². The summed E-state index contributed by atoms with van der Waals surface area (Å²) in [5.74, 6) is -0.194. The summed E-state index contributed by atoms with van der Waals surface area (Å²) in [7, 11) is 1.60. The molecule has 1 atom stereocenters. The van der Waals surface area contributed by atoms with Gasteiger partial charge in [-0.05, 0) is 30.7 Å². The summed E-state index contributed by atoms with van der Waals surface area (Å²) in [6.07, 6.45) is 2.55. The van der Waals surface area contributed by atoms with Gasteiger partial charge in [0.1, 0.15) is 0 Å². The normalized spacial score (nSPS) is 14.5. The van der Waals surface area contributed by atoms with Crippen molar-refractivity contribution >= 4 is 17.5 Å². The number of benzene rings is 1. The van der Waals surface area contributed by atoms with Crippen LogP contribution in [0.1, 0.15) is 37.0 Å². The third-order valence-electron chi connectivity index (χ3n) is 4.17. The lowest BCUT2D eigenvalue weighted by molar-refractivity contribution is -0.120. The zero-order chi connectivity index (χ0) is 19.4. The van der Waals surface area contributed by atoms with Crippen molar-refractivity contribution in [3.05, 3.63) is 42.5 Å². The summed E-state index contributed by atoms with van der Waals surface area (Å²) in [4.78, 5) is 25.9. The number of nitrogens with one attached hydrogen (secondary N) is 3. The largest absolute Gasteiger partial charge is 0.369 e. The average molecular weight is 361 g/mol. The van der Waals surface area contributed by atoms with Crippen molar-refractivity contribution in [2.24, 2.45) is 0 Å². The zero-order valence-electron chi connectivity index (χ0n) is 16.2. The van der Waals surface area contributed by atoms with Crippen molar-refractivity contribution in [1.29, 1.82) is 0 Å². The van der Waals surface area contributed by atoms with E-state index in [-0.39, 0.29) is 17.9 Å². The number of amides is 2. The molecule has 1 aliphatic rings. The van der Waals surface area contributed by atoms with Crippen LogP contribution in [0, 0.1) is 0 Å². The molecule has 0 aliphatic carbocycles. The van der Waals surface area contributed by atoms with Gasteiger partial charge < -0.3 is 20.9 Å². The minimum Gasteiger partial charge on any atom is -0.369 e. The molecule has 1 aromatic rings. The number of piperazine rings is 1. The highest BCUT2D eigenvalue weighted by Crippen LogP contribution is 2.16. The Labute approximate surface area is 157 Å². The SMILES string of the molecule is C=CC(CCC(=O)NC)NC(=O)c1ccc(N2CCNCC2)cc1.CC. The zero-order valence-corrected chi connectivity index (χ0v) is 16.2. The first-order valence-electron chi connectivity index (χ1n) is 9.33. The molecule has 0 bridgehead atoms. The lowest BCUT2D eigenvalue weighted by Crippen LogP contribution is -2.43. The molecule has 1 heterocycles. The first kappa shape index (κ1) is 21.7. The molecule has 2 rings (SSSR count). The van der Waals surface area contributed by atoms with E-state index in [2.05, 4.69) is 27.4 Å². The molecule has 0 aromatic heterocycles. The Bertz CT molecular complexity index is 566. The summed E-state index contributed by atoms with van der Waals surface area (Å²) in [6, 6.07) is 7.42. The van der Waals surface area contributed by atoms with E-state index in [0.717, 1.165) is 31.9 Å². The Morgan fingerprint density at radius 2 is 1.85 bits per heavy atom. The number of anilines is 1. The molecule has 1 fully saturated rings. The number of rotatable bonds is 7. The minimum atomic E-state index is -0.220. The average Bonchev–Trinajstić information content (AvgIpc) is 2.72. The van der Waals surface area contributed by atoms with Crippen LogP contribution in [0.15, 0.2) is 36.9 Å². The second-order valence-electron chi connectivity index (χ2n) is 5.81. The first-order valence-corrected chi connectivity index (χ1v) is 9.33. The van der Waals surface area contributed by atoms with Crippen molar-refractivity contribution in [3.63, 3.8) is 0 Å². The molecule has 6 nitrogen and oxygen atoms in total. The Kier molecular flexibility index (Phi) is 10.1. The topological polar surface area (TPSA) is 73.5 Å². The van der Waals surface area contributed by atoms with Gasteiger partial charge in [0.2, 0.25) is 5.91 Å². The quantitative estimate of drug-likeness (QED) is 0.650. The summed E-state index contributed by atoms with van der Waals surface area (Å²) in [5.41, 5.74) is 1.74. The van der Waals surface area contributed by atoms with Crippen molar-refractivity contribution < 1.29 is 9.59 Å². The van der Waals surface area contributed by atoms with Gasteiger partial charge in [0.05, 0.1) is 0 Å². The first-order chi connectivity index (χ1) is 12.6. The number of carbonyl (C=O) groups is 2. The van der Waals surface area contributed by atoms with Gasteiger partial charge in [-0.2, -0.15) is 0 Å².